The van der Waals surface area contributed by atoms with Gasteiger partial charge in [0.2, 0.25) is 0 Å². The van der Waals surface area contributed by atoms with E-state index in [1.165, 1.54) is 11.8 Å². The summed E-state index contributed by atoms with van der Waals surface area (Å²) in [6.07, 6.45) is 3.33. The summed E-state index contributed by atoms with van der Waals surface area (Å²) in [6, 6.07) is 5.31. The summed E-state index contributed by atoms with van der Waals surface area (Å²) in [4.78, 5) is 16.3. The molecule has 0 spiro atoms. The topological polar surface area (TPSA) is 75.4 Å². The van der Waals surface area contributed by atoms with E-state index in [0.717, 1.165) is 11.3 Å². The predicted molar refractivity (Wildman–Crippen MR) is 86.1 cm³/mol. The molecule has 0 aliphatic rings. The fourth-order valence-corrected chi connectivity index (χ4v) is 2.83. The van der Waals surface area contributed by atoms with Crippen LogP contribution in [0.25, 0.3) is 0 Å². The Morgan fingerprint density at radius 2 is 2.27 bits per heavy atom. The van der Waals surface area contributed by atoms with E-state index in [4.69, 9.17) is 4.42 Å². The van der Waals surface area contributed by atoms with Gasteiger partial charge in [-0.15, -0.1) is 11.8 Å². The summed E-state index contributed by atoms with van der Waals surface area (Å²) in [7, 11) is 0. The van der Waals surface area contributed by atoms with Gasteiger partial charge in [-0.3, -0.25) is 4.79 Å². The van der Waals surface area contributed by atoms with Gasteiger partial charge in [0.25, 0.3) is 5.91 Å². The van der Waals surface area contributed by atoms with Crippen molar-refractivity contribution in [2.45, 2.75) is 31.4 Å². The Balaban J connectivity index is 1.90. The lowest BCUT2D eigenvalue weighted by Crippen LogP contribution is -2.26. The van der Waals surface area contributed by atoms with Crippen molar-refractivity contribution >= 4 is 17.7 Å². The van der Waals surface area contributed by atoms with Gasteiger partial charge in [0.1, 0.15) is 16.5 Å². The van der Waals surface area contributed by atoms with Crippen LogP contribution in [0.15, 0.2) is 33.8 Å². The average molecular weight is 320 g/mol. The van der Waals surface area contributed by atoms with Crippen molar-refractivity contribution in [2.24, 2.45) is 0 Å². The largest absolute Gasteiger partial charge is 0.466 e. The molecule has 118 valence electrons. The smallest absolute Gasteiger partial charge is 0.254 e. The van der Waals surface area contributed by atoms with Crippen molar-refractivity contribution in [3.63, 3.8) is 0 Å². The first-order chi connectivity index (χ1) is 10.5. The van der Waals surface area contributed by atoms with Gasteiger partial charge in [-0.2, -0.15) is 0 Å². The summed E-state index contributed by atoms with van der Waals surface area (Å²) in [5, 5.41) is 13.7. The van der Waals surface area contributed by atoms with Crippen LogP contribution in [0.2, 0.25) is 0 Å². The molecule has 2 aromatic heterocycles. The molecule has 0 aliphatic carbocycles. The van der Waals surface area contributed by atoms with Crippen molar-refractivity contribution < 1.29 is 14.3 Å². The quantitative estimate of drug-likeness (QED) is 0.801. The standard InChI is InChI=1S/C16H20N2O3S/c1-10-9-13(11(2)21-10)14(19)6-8-17-15(20)12-5-4-7-18-16(12)22-3/h4-5,7,9,14,19H,6,8H2,1-3H3,(H,17,20)/t14-/m1/s1. The van der Waals surface area contributed by atoms with Crippen molar-refractivity contribution in [3.05, 3.63) is 47.0 Å². The lowest BCUT2D eigenvalue weighted by atomic mass is 10.1. The maximum atomic E-state index is 12.1. The van der Waals surface area contributed by atoms with Crippen LogP contribution in [0.4, 0.5) is 0 Å². The SMILES string of the molecule is CSc1ncccc1C(=O)NCC[C@@H](O)c1cc(C)oc1C. The van der Waals surface area contributed by atoms with Gasteiger partial charge in [-0.25, -0.2) is 4.98 Å². The minimum atomic E-state index is -0.647. The Kier molecular flexibility index (Phi) is 5.63. The second kappa shape index (κ2) is 7.47. The Morgan fingerprint density at radius 1 is 1.50 bits per heavy atom. The lowest BCUT2D eigenvalue weighted by Gasteiger charge is -2.11. The van der Waals surface area contributed by atoms with Crippen LogP contribution >= 0.6 is 11.8 Å². The van der Waals surface area contributed by atoms with Gasteiger partial charge >= 0.3 is 0 Å². The monoisotopic (exact) mass is 320 g/mol. The van der Waals surface area contributed by atoms with Gasteiger partial charge in [-0.1, -0.05) is 0 Å². The molecule has 1 atom stereocenters. The lowest BCUT2D eigenvalue weighted by molar-refractivity contribution is 0.0939. The molecule has 2 rings (SSSR count). The number of carbonyl (C=O) groups excluding carboxylic acids is 1. The van der Waals surface area contributed by atoms with Crippen LogP contribution in [0.5, 0.6) is 0 Å². The molecular formula is C16H20N2O3S. The summed E-state index contributed by atoms with van der Waals surface area (Å²) >= 11 is 1.43. The van der Waals surface area contributed by atoms with E-state index >= 15 is 0 Å². The molecule has 0 fully saturated rings. The van der Waals surface area contributed by atoms with Crippen LogP contribution in [0.1, 0.15) is 40.0 Å². The van der Waals surface area contributed by atoms with E-state index in [1.54, 1.807) is 18.3 Å². The van der Waals surface area contributed by atoms with Crippen molar-refractivity contribution in [1.82, 2.24) is 10.3 Å². The number of furan rings is 1. The number of hydrogen-bond acceptors (Lipinski definition) is 5. The van der Waals surface area contributed by atoms with E-state index < -0.39 is 6.10 Å². The average Bonchev–Trinajstić information content (AvgIpc) is 2.85. The third-order valence-electron chi connectivity index (χ3n) is 3.35. The third-order valence-corrected chi connectivity index (χ3v) is 4.06. The molecule has 0 aliphatic heterocycles. The van der Waals surface area contributed by atoms with Crippen LogP contribution in [0.3, 0.4) is 0 Å². The van der Waals surface area contributed by atoms with Crippen molar-refractivity contribution in [2.75, 3.05) is 12.8 Å². The number of aromatic nitrogens is 1. The molecule has 6 heteroatoms. The molecular weight excluding hydrogens is 300 g/mol. The number of aryl methyl sites for hydroxylation is 2. The Labute approximate surface area is 134 Å². The molecule has 0 bridgehead atoms. The molecule has 0 unspecified atom stereocenters. The zero-order valence-corrected chi connectivity index (χ0v) is 13.7. The maximum absolute atomic E-state index is 12.1. The minimum absolute atomic E-state index is 0.176. The van der Waals surface area contributed by atoms with E-state index in [-0.39, 0.29) is 5.91 Å². The Morgan fingerprint density at radius 3 is 2.91 bits per heavy atom. The number of rotatable bonds is 6. The molecule has 0 radical (unpaired) electrons. The van der Waals surface area contributed by atoms with Crippen LogP contribution in [-0.2, 0) is 0 Å². The van der Waals surface area contributed by atoms with E-state index in [1.807, 2.05) is 26.2 Å². The van der Waals surface area contributed by atoms with Gasteiger partial charge < -0.3 is 14.8 Å². The summed E-state index contributed by atoms with van der Waals surface area (Å²) < 4.78 is 5.40. The highest BCUT2D eigenvalue weighted by atomic mass is 32.2. The molecule has 0 saturated heterocycles. The second-order valence-electron chi connectivity index (χ2n) is 4.99. The molecule has 0 aromatic carbocycles. The highest BCUT2D eigenvalue weighted by molar-refractivity contribution is 7.98. The van der Waals surface area contributed by atoms with E-state index in [0.29, 0.717) is 29.3 Å². The molecule has 2 N–H and O–H groups in total. The number of aliphatic hydroxyl groups is 1. The van der Waals surface area contributed by atoms with Crippen LogP contribution in [-0.4, -0.2) is 28.8 Å². The first-order valence-corrected chi connectivity index (χ1v) is 8.27. The minimum Gasteiger partial charge on any atom is -0.466 e. The van der Waals surface area contributed by atoms with Crippen molar-refractivity contribution in [1.29, 1.82) is 0 Å². The number of nitrogens with zero attached hydrogens (tertiary/aromatic N) is 1. The van der Waals surface area contributed by atoms with Gasteiger partial charge in [-0.05, 0) is 44.7 Å². The first-order valence-electron chi connectivity index (χ1n) is 7.05. The number of pyridine rings is 1. The molecule has 5 nitrogen and oxygen atoms in total. The highest BCUT2D eigenvalue weighted by Gasteiger charge is 2.16. The van der Waals surface area contributed by atoms with Crippen molar-refractivity contribution in [3.8, 4) is 0 Å². The molecule has 0 saturated carbocycles. The normalized spacial score (nSPS) is 12.2. The molecule has 22 heavy (non-hydrogen) atoms. The van der Waals surface area contributed by atoms with Gasteiger partial charge in [0, 0.05) is 18.3 Å². The number of nitrogens with one attached hydrogen (secondary N) is 1. The molecule has 2 heterocycles. The summed E-state index contributed by atoms with van der Waals surface area (Å²) in [6.45, 7) is 4.05. The molecule has 2 aromatic rings. The molecule has 1 amide bonds. The Hall–Kier alpha value is -1.79. The number of amides is 1. The zero-order valence-electron chi connectivity index (χ0n) is 12.9. The van der Waals surface area contributed by atoms with Crippen LogP contribution < -0.4 is 5.32 Å². The summed E-state index contributed by atoms with van der Waals surface area (Å²) in [5.41, 5.74) is 1.33. The Bertz CT molecular complexity index is 655. The fraction of sp³-hybridized carbons (Fsp3) is 0.375. The number of thioether (sulfide) groups is 1. The van der Waals surface area contributed by atoms with Gasteiger partial charge in [0.05, 0.1) is 11.7 Å². The van der Waals surface area contributed by atoms with E-state index in [9.17, 15) is 9.90 Å². The van der Waals surface area contributed by atoms with Crippen LogP contribution in [0, 0.1) is 13.8 Å². The van der Waals surface area contributed by atoms with Gasteiger partial charge in [0.15, 0.2) is 0 Å². The predicted octanol–water partition coefficient (Wildman–Crippen LogP) is 2.87. The zero-order chi connectivity index (χ0) is 16.1. The summed E-state index contributed by atoms with van der Waals surface area (Å²) in [5.74, 6) is 1.31. The highest BCUT2D eigenvalue weighted by Crippen LogP contribution is 2.23. The third kappa shape index (κ3) is 3.90. The maximum Gasteiger partial charge on any atom is 0.254 e. The number of carbonyl (C=O) groups is 1. The second-order valence-corrected chi connectivity index (χ2v) is 5.78. The number of aliphatic hydroxyl groups excluding tert-OH is 1. The fourth-order valence-electron chi connectivity index (χ4n) is 2.28. The van der Waals surface area contributed by atoms with E-state index in [2.05, 4.69) is 10.3 Å². The first kappa shape index (κ1) is 16.6. The number of hydrogen-bond donors (Lipinski definition) is 2.